The molecule has 174 valence electrons. The summed E-state index contributed by atoms with van der Waals surface area (Å²) >= 11 is 0. The molecule has 2 aromatic rings. The fourth-order valence-electron chi connectivity index (χ4n) is 4.48. The first-order valence-corrected chi connectivity index (χ1v) is 11.8. The third-order valence-corrected chi connectivity index (χ3v) is 6.55. The minimum absolute atomic E-state index is 0.258. The van der Waals surface area contributed by atoms with Crippen LogP contribution in [0.3, 0.4) is 0 Å². The van der Waals surface area contributed by atoms with Crippen LogP contribution in [-0.4, -0.2) is 50.1 Å². The lowest BCUT2D eigenvalue weighted by Crippen LogP contribution is -2.33. The first-order chi connectivity index (χ1) is 16.0. The van der Waals surface area contributed by atoms with Crippen LogP contribution in [0.25, 0.3) is 5.57 Å². The van der Waals surface area contributed by atoms with E-state index >= 15 is 0 Å². The molecule has 4 rings (SSSR count). The van der Waals surface area contributed by atoms with E-state index in [1.807, 2.05) is 44.2 Å². The molecule has 0 unspecified atom stereocenters. The Labute approximate surface area is 196 Å². The van der Waals surface area contributed by atoms with E-state index in [4.69, 9.17) is 4.74 Å². The Kier molecular flexibility index (Phi) is 7.14. The number of amides is 2. The summed E-state index contributed by atoms with van der Waals surface area (Å²) in [4.78, 5) is 30.4. The number of methoxy groups -OCH3 is 1. The molecular formula is C27H33N3O3. The van der Waals surface area contributed by atoms with E-state index in [2.05, 4.69) is 22.3 Å². The number of carbonyl (C=O) groups excluding carboxylic acids is 2. The average Bonchev–Trinajstić information content (AvgIpc) is 3.06. The lowest BCUT2D eigenvalue weighted by molar-refractivity contribution is -0.136. The molecule has 0 radical (unpaired) electrons. The monoisotopic (exact) mass is 447 g/mol. The first kappa shape index (κ1) is 23.1. The second-order valence-corrected chi connectivity index (χ2v) is 8.88. The standard InChI is InChI=1S/C27H33N3O3/c1-19-8-9-21(18-20(19)2)24-25(27(32)30(26(24)31)16-7-17-33-3)28-22-10-12-23(13-11-22)29-14-5-4-6-15-29/h8-13,18,28H,4-7,14-17H2,1-3H3. The zero-order chi connectivity index (χ0) is 23.4. The summed E-state index contributed by atoms with van der Waals surface area (Å²) in [5, 5.41) is 3.27. The van der Waals surface area contributed by atoms with Crippen molar-refractivity contribution in [2.75, 3.05) is 43.6 Å². The van der Waals surface area contributed by atoms with Gasteiger partial charge in [0.05, 0.1) is 5.57 Å². The van der Waals surface area contributed by atoms with Crippen LogP contribution in [0.2, 0.25) is 0 Å². The zero-order valence-corrected chi connectivity index (χ0v) is 19.8. The minimum Gasteiger partial charge on any atom is -0.385 e. The van der Waals surface area contributed by atoms with Crippen molar-refractivity contribution in [1.82, 2.24) is 4.90 Å². The van der Waals surface area contributed by atoms with Crippen molar-refractivity contribution >= 4 is 28.8 Å². The predicted octanol–water partition coefficient (Wildman–Crippen LogP) is 4.52. The van der Waals surface area contributed by atoms with Crippen LogP contribution in [0.1, 0.15) is 42.4 Å². The van der Waals surface area contributed by atoms with Crippen molar-refractivity contribution in [2.24, 2.45) is 0 Å². The molecule has 1 saturated heterocycles. The highest BCUT2D eigenvalue weighted by Crippen LogP contribution is 2.32. The van der Waals surface area contributed by atoms with Gasteiger partial charge in [0.2, 0.25) is 0 Å². The first-order valence-electron chi connectivity index (χ1n) is 11.8. The van der Waals surface area contributed by atoms with Gasteiger partial charge in [-0.1, -0.05) is 18.2 Å². The highest BCUT2D eigenvalue weighted by Gasteiger charge is 2.39. The fourth-order valence-corrected chi connectivity index (χ4v) is 4.48. The summed E-state index contributed by atoms with van der Waals surface area (Å²) in [7, 11) is 1.62. The summed E-state index contributed by atoms with van der Waals surface area (Å²) in [6, 6.07) is 14.0. The lowest BCUT2D eigenvalue weighted by Gasteiger charge is -2.28. The number of nitrogens with one attached hydrogen (secondary N) is 1. The molecule has 0 aliphatic carbocycles. The third-order valence-electron chi connectivity index (χ3n) is 6.55. The third kappa shape index (κ3) is 4.96. The van der Waals surface area contributed by atoms with E-state index in [1.165, 1.54) is 29.8 Å². The molecular weight excluding hydrogens is 414 g/mol. The van der Waals surface area contributed by atoms with Gasteiger partial charge < -0.3 is 15.0 Å². The van der Waals surface area contributed by atoms with Crippen LogP contribution in [0.4, 0.5) is 11.4 Å². The van der Waals surface area contributed by atoms with Crippen molar-refractivity contribution in [3.05, 3.63) is 64.9 Å². The lowest BCUT2D eigenvalue weighted by atomic mass is 9.99. The van der Waals surface area contributed by atoms with Gasteiger partial charge >= 0.3 is 0 Å². The maximum Gasteiger partial charge on any atom is 0.278 e. The molecule has 2 aliphatic heterocycles. The van der Waals surface area contributed by atoms with Gasteiger partial charge in [-0.25, -0.2) is 0 Å². The molecule has 2 aromatic carbocycles. The molecule has 0 atom stereocenters. The average molecular weight is 448 g/mol. The second-order valence-electron chi connectivity index (χ2n) is 8.88. The van der Waals surface area contributed by atoms with Crippen molar-refractivity contribution in [3.63, 3.8) is 0 Å². The molecule has 0 saturated carbocycles. The summed E-state index contributed by atoms with van der Waals surface area (Å²) in [6.45, 7) is 7.05. The maximum atomic E-state index is 13.3. The second kappa shape index (κ2) is 10.2. The molecule has 2 aliphatic rings. The highest BCUT2D eigenvalue weighted by molar-refractivity contribution is 6.36. The molecule has 1 N–H and O–H groups in total. The summed E-state index contributed by atoms with van der Waals surface area (Å²) in [6.07, 6.45) is 4.35. The summed E-state index contributed by atoms with van der Waals surface area (Å²) in [5.41, 5.74) is 5.76. The highest BCUT2D eigenvalue weighted by atomic mass is 16.5. The predicted molar refractivity (Wildman–Crippen MR) is 132 cm³/mol. The van der Waals surface area contributed by atoms with Crippen LogP contribution in [0.5, 0.6) is 0 Å². The van der Waals surface area contributed by atoms with E-state index < -0.39 is 0 Å². The number of anilines is 2. The van der Waals surface area contributed by atoms with Gasteiger partial charge in [-0.05, 0) is 80.5 Å². The van der Waals surface area contributed by atoms with E-state index in [0.29, 0.717) is 30.8 Å². The maximum absolute atomic E-state index is 13.3. The number of hydrogen-bond acceptors (Lipinski definition) is 5. The molecule has 0 bridgehead atoms. The van der Waals surface area contributed by atoms with Gasteiger partial charge in [0, 0.05) is 44.7 Å². The van der Waals surface area contributed by atoms with Gasteiger partial charge in [-0.15, -0.1) is 0 Å². The molecule has 0 aromatic heterocycles. The Morgan fingerprint density at radius 3 is 2.30 bits per heavy atom. The van der Waals surface area contributed by atoms with Gasteiger partial charge in [0.1, 0.15) is 5.70 Å². The number of hydrogen-bond donors (Lipinski definition) is 1. The smallest absolute Gasteiger partial charge is 0.278 e. The van der Waals surface area contributed by atoms with Gasteiger partial charge in [0.25, 0.3) is 11.8 Å². The molecule has 6 nitrogen and oxygen atoms in total. The molecule has 6 heteroatoms. The Hall–Kier alpha value is -3.12. The van der Waals surface area contributed by atoms with Crippen molar-refractivity contribution in [2.45, 2.75) is 39.5 Å². The van der Waals surface area contributed by atoms with Crippen LogP contribution in [-0.2, 0) is 14.3 Å². The largest absolute Gasteiger partial charge is 0.385 e. The summed E-state index contributed by atoms with van der Waals surface area (Å²) < 4.78 is 5.11. The van der Waals surface area contributed by atoms with E-state index in [-0.39, 0.29) is 11.8 Å². The number of piperidine rings is 1. The quantitative estimate of drug-likeness (QED) is 0.476. The molecule has 2 amide bonds. The Morgan fingerprint density at radius 2 is 1.64 bits per heavy atom. The Morgan fingerprint density at radius 1 is 0.909 bits per heavy atom. The number of carbonyl (C=O) groups is 2. The minimum atomic E-state index is -0.288. The van der Waals surface area contributed by atoms with Crippen LogP contribution in [0, 0.1) is 13.8 Å². The van der Waals surface area contributed by atoms with Gasteiger partial charge in [0.15, 0.2) is 0 Å². The van der Waals surface area contributed by atoms with Gasteiger partial charge in [-0.3, -0.25) is 14.5 Å². The van der Waals surface area contributed by atoms with E-state index in [1.54, 1.807) is 7.11 Å². The molecule has 2 heterocycles. The number of aryl methyl sites for hydroxylation is 2. The number of benzene rings is 2. The number of rotatable bonds is 8. The zero-order valence-electron chi connectivity index (χ0n) is 19.8. The Bertz CT molecular complexity index is 1050. The molecule has 1 fully saturated rings. The van der Waals surface area contributed by atoms with Crippen molar-refractivity contribution < 1.29 is 14.3 Å². The van der Waals surface area contributed by atoms with Gasteiger partial charge in [-0.2, -0.15) is 0 Å². The summed E-state index contributed by atoms with van der Waals surface area (Å²) in [5.74, 6) is -0.545. The Balaban J connectivity index is 1.63. The van der Waals surface area contributed by atoms with Crippen LogP contribution in [0.15, 0.2) is 48.2 Å². The number of imide groups is 1. The number of ether oxygens (including phenoxy) is 1. The van der Waals surface area contributed by atoms with Crippen LogP contribution >= 0.6 is 0 Å². The van der Waals surface area contributed by atoms with E-state index in [9.17, 15) is 9.59 Å². The molecule has 33 heavy (non-hydrogen) atoms. The van der Waals surface area contributed by atoms with Crippen molar-refractivity contribution in [1.29, 1.82) is 0 Å². The molecule has 0 spiro atoms. The SMILES string of the molecule is COCCCN1C(=O)C(Nc2ccc(N3CCCCC3)cc2)=C(c2ccc(C)c(C)c2)C1=O. The van der Waals surface area contributed by atoms with E-state index in [0.717, 1.165) is 35.5 Å². The van der Waals surface area contributed by atoms with Crippen LogP contribution < -0.4 is 10.2 Å². The normalized spacial score (nSPS) is 16.7. The fraction of sp³-hybridized carbons (Fsp3) is 0.407. The number of nitrogens with zero attached hydrogens (tertiary/aromatic N) is 2. The van der Waals surface area contributed by atoms with Crippen molar-refractivity contribution in [3.8, 4) is 0 Å². The topological polar surface area (TPSA) is 61.9 Å².